The zero-order valence-electron chi connectivity index (χ0n) is 14.2. The third-order valence-electron chi connectivity index (χ3n) is 5.54. The van der Waals surface area contributed by atoms with Crippen LogP contribution in [0.5, 0.6) is 0 Å². The van der Waals surface area contributed by atoms with Gasteiger partial charge in [-0.3, -0.25) is 0 Å². The minimum absolute atomic E-state index is 0.615. The third kappa shape index (κ3) is 2.80. The Morgan fingerprint density at radius 3 is 1.80 bits per heavy atom. The van der Waals surface area contributed by atoms with E-state index < -0.39 is 0 Å². The lowest BCUT2D eigenvalue weighted by Crippen LogP contribution is -2.26. The van der Waals surface area contributed by atoms with Crippen LogP contribution >= 0.6 is 0 Å². The summed E-state index contributed by atoms with van der Waals surface area (Å²) in [5, 5.41) is 0. The van der Waals surface area contributed by atoms with Gasteiger partial charge in [-0.15, -0.1) is 0 Å². The van der Waals surface area contributed by atoms with E-state index in [1.165, 1.54) is 34.2 Å². The molecule has 0 amide bonds. The monoisotopic (exact) mass is 269 g/mol. The Morgan fingerprint density at radius 1 is 0.750 bits per heavy atom. The van der Waals surface area contributed by atoms with E-state index in [0.717, 1.165) is 0 Å². The Bertz CT molecular complexity index is 466. The molecule has 1 aliphatic carbocycles. The van der Waals surface area contributed by atoms with Crippen LogP contribution in [0.4, 0.5) is 0 Å². The lowest BCUT2D eigenvalue weighted by atomic mass is 9.72. The molecule has 0 aromatic heterocycles. The summed E-state index contributed by atoms with van der Waals surface area (Å²) in [5.41, 5.74) is 9.03. The van der Waals surface area contributed by atoms with Gasteiger partial charge in [0.2, 0.25) is 0 Å². The second-order valence-electron chi connectivity index (χ2n) is 6.77. The van der Waals surface area contributed by atoms with Crippen LogP contribution in [0.1, 0.15) is 47.2 Å². The van der Waals surface area contributed by atoms with Crippen molar-refractivity contribution >= 4 is 0 Å². The second-order valence-corrected chi connectivity index (χ2v) is 6.77. The van der Waals surface area contributed by atoms with Crippen LogP contribution in [-0.2, 0) is 6.42 Å². The Kier molecular flexibility index (Phi) is 4.62. The van der Waals surface area contributed by atoms with Gasteiger partial charge in [0, 0.05) is 0 Å². The highest BCUT2D eigenvalue weighted by atomic mass is 14.3. The molecule has 0 saturated heterocycles. The van der Waals surface area contributed by atoms with Gasteiger partial charge in [0.05, 0.1) is 0 Å². The van der Waals surface area contributed by atoms with Crippen molar-refractivity contribution in [2.45, 2.75) is 54.9 Å². The molecule has 1 fully saturated rings. The van der Waals surface area contributed by atoms with Crippen molar-refractivity contribution in [2.75, 3.05) is 0 Å². The van der Waals surface area contributed by atoms with Crippen LogP contribution in [0.15, 0.2) is 0 Å². The molecular formula is C20H29. The first-order valence-corrected chi connectivity index (χ1v) is 7.92. The highest BCUT2D eigenvalue weighted by molar-refractivity contribution is 5.49. The fourth-order valence-electron chi connectivity index (χ4n) is 3.50. The fraction of sp³-hybridized carbons (Fsp3) is 0.550. The smallest absolute Gasteiger partial charge is 0.0239 e. The highest BCUT2D eigenvalue weighted by Gasteiger charge is 2.27. The van der Waals surface area contributed by atoms with Gasteiger partial charge < -0.3 is 0 Å². The largest absolute Gasteiger partial charge is 0.0619 e. The number of hydrogen-bond acceptors (Lipinski definition) is 0. The van der Waals surface area contributed by atoms with Crippen LogP contribution in [0.2, 0.25) is 0 Å². The second kappa shape index (κ2) is 5.92. The minimum atomic E-state index is 0.615. The van der Waals surface area contributed by atoms with Gasteiger partial charge in [0.15, 0.2) is 0 Å². The predicted molar refractivity (Wildman–Crippen MR) is 88.5 cm³/mol. The van der Waals surface area contributed by atoms with E-state index in [1.54, 1.807) is 5.56 Å². The van der Waals surface area contributed by atoms with E-state index in [2.05, 4.69) is 67.7 Å². The van der Waals surface area contributed by atoms with Gasteiger partial charge in [-0.05, 0) is 111 Å². The van der Waals surface area contributed by atoms with Crippen molar-refractivity contribution < 1.29 is 0 Å². The molecule has 0 N–H and O–H groups in total. The maximum atomic E-state index is 2.54. The molecule has 0 heteroatoms. The molecule has 0 heterocycles. The molecule has 1 aromatic carbocycles. The molecule has 0 nitrogen and oxygen atoms in total. The van der Waals surface area contributed by atoms with Crippen LogP contribution in [0.25, 0.3) is 0 Å². The van der Waals surface area contributed by atoms with Gasteiger partial charge in [0.1, 0.15) is 0 Å². The summed E-state index contributed by atoms with van der Waals surface area (Å²) in [6.45, 7) is 16.1. The summed E-state index contributed by atoms with van der Waals surface area (Å²) in [5.74, 6) is 1.95. The first kappa shape index (κ1) is 15.6. The molecule has 20 heavy (non-hydrogen) atoms. The first-order chi connectivity index (χ1) is 9.32. The van der Waals surface area contributed by atoms with E-state index in [-0.39, 0.29) is 0 Å². The van der Waals surface area contributed by atoms with Crippen LogP contribution in [0.3, 0.4) is 0 Å². The molecule has 1 saturated carbocycles. The molecular weight excluding hydrogens is 240 g/mol. The van der Waals surface area contributed by atoms with Gasteiger partial charge in [-0.1, -0.05) is 13.8 Å². The average Bonchev–Trinajstić information content (AvgIpc) is 2.43. The van der Waals surface area contributed by atoms with E-state index in [9.17, 15) is 0 Å². The lowest BCUT2D eigenvalue weighted by molar-refractivity contribution is 0.384. The molecule has 0 aliphatic heterocycles. The molecule has 3 radical (unpaired) electrons. The summed E-state index contributed by atoms with van der Waals surface area (Å²) < 4.78 is 0. The van der Waals surface area contributed by atoms with Gasteiger partial charge in [0.25, 0.3) is 0 Å². The SMILES string of the molecule is Cc1c(C)c(C)c(CC2[CH]C(C)[CH][CH]C2C)c(C)c1C. The van der Waals surface area contributed by atoms with Gasteiger partial charge in [-0.2, -0.15) is 0 Å². The summed E-state index contributed by atoms with van der Waals surface area (Å²) in [6, 6.07) is 0. The molecule has 0 bridgehead atoms. The Hall–Kier alpha value is -0.780. The van der Waals surface area contributed by atoms with E-state index in [4.69, 9.17) is 0 Å². The van der Waals surface area contributed by atoms with E-state index >= 15 is 0 Å². The van der Waals surface area contributed by atoms with Crippen molar-refractivity contribution in [1.29, 1.82) is 0 Å². The van der Waals surface area contributed by atoms with Gasteiger partial charge in [-0.25, -0.2) is 0 Å². The molecule has 109 valence electrons. The van der Waals surface area contributed by atoms with Crippen LogP contribution in [0, 0.1) is 71.6 Å². The van der Waals surface area contributed by atoms with Crippen molar-refractivity contribution in [1.82, 2.24) is 0 Å². The third-order valence-corrected chi connectivity index (χ3v) is 5.54. The summed E-state index contributed by atoms with van der Waals surface area (Å²) in [6.07, 6.45) is 8.46. The summed E-state index contributed by atoms with van der Waals surface area (Å²) in [7, 11) is 0. The van der Waals surface area contributed by atoms with Crippen molar-refractivity contribution in [3.8, 4) is 0 Å². The normalized spacial score (nSPS) is 26.9. The molecule has 1 aliphatic rings. The molecule has 1 aromatic rings. The number of rotatable bonds is 2. The Balaban J connectivity index is 2.34. The molecule has 3 unspecified atom stereocenters. The molecule has 2 rings (SSSR count). The average molecular weight is 269 g/mol. The maximum Gasteiger partial charge on any atom is -0.0239 e. The standard InChI is InChI=1S/C20H29/c1-12-8-9-13(2)19(10-12)11-20-17(6)15(4)14(3)16(5)18(20)7/h8-10,12-13,19H,11H2,1-7H3. The van der Waals surface area contributed by atoms with Crippen LogP contribution < -0.4 is 0 Å². The van der Waals surface area contributed by atoms with E-state index in [1.807, 2.05) is 0 Å². The number of hydrogen-bond donors (Lipinski definition) is 0. The van der Waals surface area contributed by atoms with Crippen molar-refractivity contribution in [2.24, 2.45) is 17.8 Å². The molecule has 3 atom stereocenters. The summed E-state index contributed by atoms with van der Waals surface area (Å²) >= 11 is 0. The van der Waals surface area contributed by atoms with Crippen LogP contribution in [-0.4, -0.2) is 0 Å². The van der Waals surface area contributed by atoms with Crippen molar-refractivity contribution in [3.63, 3.8) is 0 Å². The first-order valence-electron chi connectivity index (χ1n) is 7.92. The highest BCUT2D eigenvalue weighted by Crippen LogP contribution is 2.36. The maximum absolute atomic E-state index is 2.54. The quantitative estimate of drug-likeness (QED) is 0.684. The zero-order chi connectivity index (χ0) is 15.0. The molecule has 0 spiro atoms. The fourth-order valence-corrected chi connectivity index (χ4v) is 3.50. The van der Waals surface area contributed by atoms with E-state index in [0.29, 0.717) is 17.8 Å². The lowest BCUT2D eigenvalue weighted by Gasteiger charge is -2.33. The summed E-state index contributed by atoms with van der Waals surface area (Å²) in [4.78, 5) is 0. The Labute approximate surface area is 126 Å². The van der Waals surface area contributed by atoms with Gasteiger partial charge >= 0.3 is 0 Å². The zero-order valence-corrected chi connectivity index (χ0v) is 14.2. The minimum Gasteiger partial charge on any atom is -0.0619 e. The Morgan fingerprint density at radius 2 is 1.25 bits per heavy atom. The topological polar surface area (TPSA) is 0 Å². The predicted octanol–water partition coefficient (Wildman–Crippen LogP) is 5.29. The number of benzene rings is 1. The van der Waals surface area contributed by atoms with Crippen molar-refractivity contribution in [3.05, 3.63) is 52.6 Å².